The van der Waals surface area contributed by atoms with E-state index in [1.165, 1.54) is 12.1 Å². The molecule has 1 aromatic heterocycles. The number of halogens is 1. The Balaban J connectivity index is 2.44. The van der Waals surface area contributed by atoms with Crippen molar-refractivity contribution in [3.8, 4) is 10.4 Å². The zero-order chi connectivity index (χ0) is 10.8. The first-order valence-corrected chi connectivity index (χ1v) is 5.74. The second-order valence-electron chi connectivity index (χ2n) is 3.38. The van der Waals surface area contributed by atoms with Gasteiger partial charge in [0.1, 0.15) is 5.82 Å². The number of aryl methyl sites for hydroxylation is 2. The van der Waals surface area contributed by atoms with Crippen molar-refractivity contribution < 1.29 is 4.39 Å². The minimum absolute atomic E-state index is 0.198. The number of rotatable bonds is 2. The molecule has 2 rings (SSSR count). The van der Waals surface area contributed by atoms with E-state index < -0.39 is 0 Å². The van der Waals surface area contributed by atoms with E-state index in [1.54, 1.807) is 23.5 Å². The molecule has 0 aliphatic carbocycles. The fraction of sp³-hybridized carbons (Fsp3) is 0.250. The van der Waals surface area contributed by atoms with Gasteiger partial charge < -0.3 is 0 Å². The van der Waals surface area contributed by atoms with Gasteiger partial charge in [0.25, 0.3) is 0 Å². The molecule has 1 aromatic carbocycles. The molecule has 0 saturated heterocycles. The Labute approximate surface area is 92.6 Å². The summed E-state index contributed by atoms with van der Waals surface area (Å²) in [5, 5.41) is 1.13. The average Bonchev–Trinajstić information content (AvgIpc) is 2.61. The Bertz CT molecular complexity index is 459. The third-order valence-corrected chi connectivity index (χ3v) is 3.60. The highest BCUT2D eigenvalue weighted by Crippen LogP contribution is 2.30. The highest BCUT2D eigenvalue weighted by Gasteiger charge is 2.08. The number of thiazole rings is 1. The summed E-state index contributed by atoms with van der Waals surface area (Å²) in [7, 11) is 0. The molecule has 0 amide bonds. The predicted molar refractivity (Wildman–Crippen MR) is 61.6 cm³/mol. The van der Waals surface area contributed by atoms with Gasteiger partial charge >= 0.3 is 0 Å². The van der Waals surface area contributed by atoms with Crippen LogP contribution in [-0.4, -0.2) is 4.98 Å². The van der Waals surface area contributed by atoms with Crippen LogP contribution in [0.15, 0.2) is 24.3 Å². The quantitative estimate of drug-likeness (QED) is 0.751. The normalized spacial score (nSPS) is 10.6. The molecule has 1 nitrogen and oxygen atoms in total. The second kappa shape index (κ2) is 4.11. The van der Waals surface area contributed by atoms with Crippen molar-refractivity contribution in [1.29, 1.82) is 0 Å². The molecular formula is C12H12FNS. The van der Waals surface area contributed by atoms with Gasteiger partial charge in [-0.05, 0) is 31.0 Å². The van der Waals surface area contributed by atoms with Crippen LogP contribution in [0.25, 0.3) is 10.4 Å². The lowest BCUT2D eigenvalue weighted by molar-refractivity contribution is 0.628. The molecule has 0 aliphatic rings. The second-order valence-corrected chi connectivity index (χ2v) is 4.47. The maximum Gasteiger partial charge on any atom is 0.123 e. The Morgan fingerprint density at radius 2 is 1.93 bits per heavy atom. The summed E-state index contributed by atoms with van der Waals surface area (Å²) in [6.45, 7) is 4.08. The highest BCUT2D eigenvalue weighted by atomic mass is 32.1. The van der Waals surface area contributed by atoms with E-state index >= 15 is 0 Å². The van der Waals surface area contributed by atoms with E-state index in [-0.39, 0.29) is 5.82 Å². The maximum absolute atomic E-state index is 12.8. The van der Waals surface area contributed by atoms with Crippen molar-refractivity contribution in [3.05, 3.63) is 40.8 Å². The lowest BCUT2D eigenvalue weighted by atomic mass is 10.1. The van der Waals surface area contributed by atoms with Crippen LogP contribution in [0.4, 0.5) is 4.39 Å². The van der Waals surface area contributed by atoms with Crippen LogP contribution >= 0.6 is 11.3 Å². The van der Waals surface area contributed by atoms with Crippen molar-refractivity contribution in [2.75, 3.05) is 0 Å². The molecule has 0 atom stereocenters. The summed E-state index contributed by atoms with van der Waals surface area (Å²) < 4.78 is 12.8. The molecule has 0 N–H and O–H groups in total. The molecule has 0 aliphatic heterocycles. The lowest BCUT2D eigenvalue weighted by Crippen LogP contribution is -1.79. The Morgan fingerprint density at radius 1 is 1.27 bits per heavy atom. The zero-order valence-corrected chi connectivity index (χ0v) is 9.57. The topological polar surface area (TPSA) is 12.9 Å². The molecule has 0 radical (unpaired) electrons. The predicted octanol–water partition coefficient (Wildman–Crippen LogP) is 3.82. The Morgan fingerprint density at radius 3 is 2.47 bits per heavy atom. The van der Waals surface area contributed by atoms with Crippen LogP contribution in [0.2, 0.25) is 0 Å². The van der Waals surface area contributed by atoms with E-state index in [9.17, 15) is 4.39 Å². The van der Waals surface area contributed by atoms with Crippen molar-refractivity contribution >= 4 is 11.3 Å². The third kappa shape index (κ3) is 2.07. The smallest absolute Gasteiger partial charge is 0.123 e. The summed E-state index contributed by atoms with van der Waals surface area (Å²) in [4.78, 5) is 5.60. The van der Waals surface area contributed by atoms with E-state index in [1.807, 2.05) is 6.92 Å². The van der Waals surface area contributed by atoms with Gasteiger partial charge in [-0.25, -0.2) is 9.37 Å². The molecule has 2 aromatic rings. The van der Waals surface area contributed by atoms with E-state index in [2.05, 4.69) is 11.9 Å². The van der Waals surface area contributed by atoms with Crippen LogP contribution in [0, 0.1) is 12.7 Å². The van der Waals surface area contributed by atoms with Crippen LogP contribution in [0.3, 0.4) is 0 Å². The minimum atomic E-state index is -0.198. The van der Waals surface area contributed by atoms with Gasteiger partial charge in [-0.1, -0.05) is 19.1 Å². The van der Waals surface area contributed by atoms with Crippen molar-refractivity contribution in [3.63, 3.8) is 0 Å². The molecule has 0 fully saturated rings. The molecule has 0 unspecified atom stereocenters. The number of aromatic nitrogens is 1. The molecule has 0 bridgehead atoms. The standard InChI is InChI=1S/C12H12FNS/c1-3-11-14-8(2)12(15-11)9-4-6-10(13)7-5-9/h4-7H,3H2,1-2H3. The van der Waals surface area contributed by atoms with Crippen molar-refractivity contribution in [2.24, 2.45) is 0 Å². The van der Waals surface area contributed by atoms with E-state index in [4.69, 9.17) is 0 Å². The van der Waals surface area contributed by atoms with Gasteiger partial charge in [-0.3, -0.25) is 0 Å². The van der Waals surface area contributed by atoms with Gasteiger partial charge in [0.15, 0.2) is 0 Å². The van der Waals surface area contributed by atoms with Gasteiger partial charge in [-0.15, -0.1) is 11.3 Å². The molecule has 3 heteroatoms. The largest absolute Gasteiger partial charge is 0.246 e. The highest BCUT2D eigenvalue weighted by molar-refractivity contribution is 7.15. The Kier molecular flexibility index (Phi) is 2.82. The van der Waals surface area contributed by atoms with Gasteiger partial charge in [0, 0.05) is 0 Å². The Hall–Kier alpha value is -1.22. The number of hydrogen-bond acceptors (Lipinski definition) is 2. The van der Waals surface area contributed by atoms with Gasteiger partial charge in [0.05, 0.1) is 15.6 Å². The van der Waals surface area contributed by atoms with E-state index in [0.717, 1.165) is 27.6 Å². The van der Waals surface area contributed by atoms with Crippen molar-refractivity contribution in [1.82, 2.24) is 4.98 Å². The van der Waals surface area contributed by atoms with Gasteiger partial charge in [0.2, 0.25) is 0 Å². The van der Waals surface area contributed by atoms with Crippen LogP contribution in [0.5, 0.6) is 0 Å². The van der Waals surface area contributed by atoms with E-state index in [0.29, 0.717) is 0 Å². The van der Waals surface area contributed by atoms with Crippen LogP contribution < -0.4 is 0 Å². The molecular weight excluding hydrogens is 209 g/mol. The average molecular weight is 221 g/mol. The number of hydrogen-bond donors (Lipinski definition) is 0. The summed E-state index contributed by atoms with van der Waals surface area (Å²) in [6.07, 6.45) is 0.951. The summed E-state index contributed by atoms with van der Waals surface area (Å²) in [5.74, 6) is -0.198. The fourth-order valence-corrected chi connectivity index (χ4v) is 2.48. The molecule has 15 heavy (non-hydrogen) atoms. The first-order valence-electron chi connectivity index (χ1n) is 4.93. The third-order valence-electron chi connectivity index (χ3n) is 2.25. The first kappa shape index (κ1) is 10.3. The SMILES string of the molecule is CCc1nc(C)c(-c2ccc(F)cc2)s1. The van der Waals surface area contributed by atoms with Crippen LogP contribution in [-0.2, 0) is 6.42 Å². The summed E-state index contributed by atoms with van der Waals surface area (Å²) >= 11 is 1.68. The number of benzene rings is 1. The van der Waals surface area contributed by atoms with Crippen LogP contribution in [0.1, 0.15) is 17.6 Å². The maximum atomic E-state index is 12.8. The molecule has 0 saturated carbocycles. The monoisotopic (exact) mass is 221 g/mol. The molecule has 78 valence electrons. The first-order chi connectivity index (χ1) is 7.20. The van der Waals surface area contributed by atoms with Crippen molar-refractivity contribution in [2.45, 2.75) is 20.3 Å². The zero-order valence-electron chi connectivity index (χ0n) is 8.75. The fourth-order valence-electron chi connectivity index (χ4n) is 1.47. The minimum Gasteiger partial charge on any atom is -0.246 e. The summed E-state index contributed by atoms with van der Waals surface area (Å²) in [5.41, 5.74) is 2.08. The molecule has 1 heterocycles. The van der Waals surface area contributed by atoms with Gasteiger partial charge in [-0.2, -0.15) is 0 Å². The summed E-state index contributed by atoms with van der Waals surface area (Å²) in [6, 6.07) is 6.57. The number of nitrogens with zero attached hydrogens (tertiary/aromatic N) is 1. The molecule has 0 spiro atoms. The lowest BCUT2D eigenvalue weighted by Gasteiger charge is -1.97.